The first-order valence-electron chi connectivity index (χ1n) is 7.90. The molecule has 120 valence electrons. The highest BCUT2D eigenvalue weighted by Gasteiger charge is 2.31. The Kier molecular flexibility index (Phi) is 4.61. The molecule has 0 radical (unpaired) electrons. The van der Waals surface area contributed by atoms with Crippen LogP contribution in [0.3, 0.4) is 0 Å². The fourth-order valence-corrected chi connectivity index (χ4v) is 3.91. The van der Waals surface area contributed by atoms with Crippen molar-refractivity contribution in [2.45, 2.75) is 44.6 Å². The number of aryl methyl sites for hydroxylation is 1. The van der Waals surface area contributed by atoms with Gasteiger partial charge in [0.15, 0.2) is 5.13 Å². The van der Waals surface area contributed by atoms with Crippen LogP contribution in [0.1, 0.15) is 37.8 Å². The molecule has 0 spiro atoms. The van der Waals surface area contributed by atoms with Crippen molar-refractivity contribution >= 4 is 28.3 Å². The fourth-order valence-electron chi connectivity index (χ4n) is 3.31. The topological polar surface area (TPSA) is 79.5 Å². The molecular weight excluding hydrogens is 300 g/mol. The molecule has 0 saturated carbocycles. The van der Waals surface area contributed by atoms with Crippen molar-refractivity contribution in [3.05, 3.63) is 11.1 Å². The van der Waals surface area contributed by atoms with E-state index in [9.17, 15) is 9.59 Å². The number of rotatable bonds is 4. The Balaban J connectivity index is 1.44. The number of piperidine rings is 1. The van der Waals surface area contributed by atoms with Crippen LogP contribution >= 0.6 is 11.3 Å². The molecule has 2 fully saturated rings. The Labute approximate surface area is 134 Å². The minimum Gasteiger partial charge on any atom is -0.375 e. The highest BCUT2D eigenvalue weighted by molar-refractivity contribution is 7.13. The lowest BCUT2D eigenvalue weighted by molar-refractivity contribution is -0.134. The van der Waals surface area contributed by atoms with Gasteiger partial charge in [0.2, 0.25) is 11.8 Å². The lowest BCUT2D eigenvalue weighted by Crippen LogP contribution is -2.47. The summed E-state index contributed by atoms with van der Waals surface area (Å²) < 4.78 is 0. The number of hydrogen-bond donors (Lipinski definition) is 1. The second-order valence-electron chi connectivity index (χ2n) is 5.98. The van der Waals surface area contributed by atoms with Crippen LogP contribution < -0.4 is 5.73 Å². The molecule has 3 heterocycles. The van der Waals surface area contributed by atoms with Crippen molar-refractivity contribution in [3.8, 4) is 0 Å². The fraction of sp³-hybridized carbons (Fsp3) is 0.667. The smallest absolute Gasteiger partial charge is 0.222 e. The Hall–Kier alpha value is -1.63. The highest BCUT2D eigenvalue weighted by Crippen LogP contribution is 2.22. The lowest BCUT2D eigenvalue weighted by Gasteiger charge is -2.36. The molecule has 0 unspecified atom stereocenters. The van der Waals surface area contributed by atoms with Crippen molar-refractivity contribution in [3.63, 3.8) is 0 Å². The van der Waals surface area contributed by atoms with E-state index in [1.54, 1.807) is 0 Å². The molecule has 6 nitrogen and oxygen atoms in total. The number of nitrogen functional groups attached to an aromatic ring is 1. The molecule has 22 heavy (non-hydrogen) atoms. The molecule has 7 heteroatoms. The maximum atomic E-state index is 12.3. The first kappa shape index (κ1) is 15.3. The van der Waals surface area contributed by atoms with Gasteiger partial charge in [0.25, 0.3) is 0 Å². The summed E-state index contributed by atoms with van der Waals surface area (Å²) in [6, 6.07) is 0.331. The van der Waals surface area contributed by atoms with Crippen molar-refractivity contribution in [1.82, 2.24) is 14.8 Å². The molecule has 2 aliphatic rings. The van der Waals surface area contributed by atoms with Crippen LogP contribution in [-0.4, -0.2) is 52.3 Å². The standard InChI is InChI=1S/C15H22N4O2S/c16-15-17-11(10-22-15)3-4-13(20)18-8-5-12(6-9-18)19-7-1-2-14(19)21/h10,12H,1-9H2,(H2,16,17). The first-order chi connectivity index (χ1) is 10.6. The third-order valence-corrected chi connectivity index (χ3v) is 5.26. The van der Waals surface area contributed by atoms with E-state index >= 15 is 0 Å². The molecule has 2 aliphatic heterocycles. The SMILES string of the molecule is Nc1nc(CCC(=O)N2CCC(N3CCCC3=O)CC2)cs1. The van der Waals surface area contributed by atoms with Crippen molar-refractivity contribution in [2.75, 3.05) is 25.4 Å². The minimum atomic E-state index is 0.178. The Morgan fingerprint density at radius 2 is 2.14 bits per heavy atom. The molecule has 2 saturated heterocycles. The number of nitrogens with two attached hydrogens (primary N) is 1. The zero-order valence-electron chi connectivity index (χ0n) is 12.7. The van der Waals surface area contributed by atoms with Crippen LogP contribution in [0.25, 0.3) is 0 Å². The molecule has 2 amide bonds. The second kappa shape index (κ2) is 6.64. The summed E-state index contributed by atoms with van der Waals surface area (Å²) in [5.41, 5.74) is 6.49. The average Bonchev–Trinajstić information content (AvgIpc) is 3.13. The van der Waals surface area contributed by atoms with E-state index in [4.69, 9.17) is 5.73 Å². The number of carbonyl (C=O) groups excluding carboxylic acids is 2. The van der Waals surface area contributed by atoms with Crippen molar-refractivity contribution in [1.29, 1.82) is 0 Å². The van der Waals surface area contributed by atoms with Gasteiger partial charge in [0.1, 0.15) is 0 Å². The van der Waals surface area contributed by atoms with Gasteiger partial charge >= 0.3 is 0 Å². The molecule has 3 rings (SSSR count). The summed E-state index contributed by atoms with van der Waals surface area (Å²) in [5.74, 6) is 0.462. The van der Waals surface area contributed by atoms with E-state index in [1.165, 1.54) is 11.3 Å². The van der Waals surface area contributed by atoms with Gasteiger partial charge in [0, 0.05) is 43.9 Å². The number of carbonyl (C=O) groups is 2. The molecule has 0 aromatic carbocycles. The zero-order valence-corrected chi connectivity index (χ0v) is 13.5. The van der Waals surface area contributed by atoms with E-state index < -0.39 is 0 Å². The largest absolute Gasteiger partial charge is 0.375 e. The number of nitrogens with zero attached hydrogens (tertiary/aromatic N) is 3. The summed E-state index contributed by atoms with van der Waals surface area (Å²) in [4.78, 5) is 32.2. The number of thiazole rings is 1. The molecule has 0 aliphatic carbocycles. The Bertz CT molecular complexity index is 551. The van der Waals surface area contributed by atoms with Gasteiger partial charge in [-0.1, -0.05) is 0 Å². The van der Waals surface area contributed by atoms with Crippen LogP contribution in [0.5, 0.6) is 0 Å². The predicted octanol–water partition coefficient (Wildman–Crippen LogP) is 1.27. The van der Waals surface area contributed by atoms with E-state index in [2.05, 4.69) is 4.98 Å². The van der Waals surface area contributed by atoms with Crippen LogP contribution in [0.2, 0.25) is 0 Å². The van der Waals surface area contributed by atoms with E-state index in [1.807, 2.05) is 15.2 Å². The normalized spacial score (nSPS) is 19.9. The summed E-state index contributed by atoms with van der Waals surface area (Å²) in [5, 5.41) is 2.46. The van der Waals surface area contributed by atoms with Crippen molar-refractivity contribution < 1.29 is 9.59 Å². The second-order valence-corrected chi connectivity index (χ2v) is 6.87. The van der Waals surface area contributed by atoms with Gasteiger partial charge in [-0.2, -0.15) is 0 Å². The van der Waals surface area contributed by atoms with Gasteiger partial charge in [-0.25, -0.2) is 4.98 Å². The lowest BCUT2D eigenvalue weighted by atomic mass is 10.0. The predicted molar refractivity (Wildman–Crippen MR) is 85.4 cm³/mol. The molecule has 1 aromatic heterocycles. The van der Waals surface area contributed by atoms with Crippen LogP contribution in [-0.2, 0) is 16.0 Å². The van der Waals surface area contributed by atoms with E-state index in [-0.39, 0.29) is 11.8 Å². The summed E-state index contributed by atoms with van der Waals surface area (Å²) in [6.45, 7) is 2.40. The van der Waals surface area contributed by atoms with Crippen LogP contribution in [0, 0.1) is 0 Å². The highest BCUT2D eigenvalue weighted by atomic mass is 32.1. The van der Waals surface area contributed by atoms with Gasteiger partial charge < -0.3 is 15.5 Å². The minimum absolute atomic E-state index is 0.178. The maximum Gasteiger partial charge on any atom is 0.222 e. The van der Waals surface area contributed by atoms with Gasteiger partial charge in [0.05, 0.1) is 5.69 Å². The molecule has 2 N–H and O–H groups in total. The number of likely N-dealkylation sites (tertiary alicyclic amines) is 2. The van der Waals surface area contributed by atoms with E-state index in [0.717, 1.165) is 44.6 Å². The molecule has 0 bridgehead atoms. The summed E-state index contributed by atoms with van der Waals surface area (Å²) in [6.07, 6.45) is 4.61. The van der Waals surface area contributed by atoms with Crippen LogP contribution in [0.15, 0.2) is 5.38 Å². The molecule has 1 aromatic rings. The third-order valence-electron chi connectivity index (χ3n) is 4.53. The number of amides is 2. The van der Waals surface area contributed by atoms with Gasteiger partial charge in [-0.3, -0.25) is 9.59 Å². The number of hydrogen-bond acceptors (Lipinski definition) is 5. The Morgan fingerprint density at radius 1 is 1.36 bits per heavy atom. The quantitative estimate of drug-likeness (QED) is 0.905. The van der Waals surface area contributed by atoms with E-state index in [0.29, 0.717) is 30.4 Å². The third kappa shape index (κ3) is 3.40. The average molecular weight is 322 g/mol. The monoisotopic (exact) mass is 322 g/mol. The first-order valence-corrected chi connectivity index (χ1v) is 8.78. The summed E-state index contributed by atoms with van der Waals surface area (Å²) in [7, 11) is 0. The number of aromatic nitrogens is 1. The summed E-state index contributed by atoms with van der Waals surface area (Å²) >= 11 is 1.41. The number of anilines is 1. The van der Waals surface area contributed by atoms with Crippen LogP contribution in [0.4, 0.5) is 5.13 Å². The van der Waals surface area contributed by atoms with Gasteiger partial charge in [-0.05, 0) is 25.7 Å². The zero-order chi connectivity index (χ0) is 15.5. The maximum absolute atomic E-state index is 12.3. The molecule has 0 atom stereocenters. The Morgan fingerprint density at radius 3 is 2.73 bits per heavy atom. The molecular formula is C15H22N4O2S. The van der Waals surface area contributed by atoms with Crippen molar-refractivity contribution in [2.24, 2.45) is 0 Å². The van der Waals surface area contributed by atoms with Gasteiger partial charge in [-0.15, -0.1) is 11.3 Å².